The van der Waals surface area contributed by atoms with E-state index in [1.54, 1.807) is 0 Å². The first-order chi connectivity index (χ1) is 9.00. The Morgan fingerprint density at radius 3 is 2.53 bits per heavy atom. The number of phenolic OH excluding ortho intramolecular Hbond substituents is 1. The van der Waals surface area contributed by atoms with E-state index in [0.29, 0.717) is 19.1 Å². The lowest BCUT2D eigenvalue weighted by Crippen LogP contribution is -2.30. The van der Waals surface area contributed by atoms with Gasteiger partial charge in [-0.05, 0) is 43.0 Å². The van der Waals surface area contributed by atoms with Crippen LogP contribution in [0.3, 0.4) is 0 Å². The molecule has 0 heterocycles. The molecular weight excluding hydrogens is 266 g/mol. The summed E-state index contributed by atoms with van der Waals surface area (Å²) in [5.41, 5.74) is 0. The Kier molecular flexibility index (Phi) is 4.44. The maximum atomic E-state index is 12.2. The molecule has 0 aromatic heterocycles. The molecule has 0 amide bonds. The SMILES string of the molecule is CN(CCOCC1CC1)S(=O)(=O)c1ccc(O)cc1. The highest BCUT2D eigenvalue weighted by Crippen LogP contribution is 2.28. The van der Waals surface area contributed by atoms with Crippen molar-refractivity contribution in [3.63, 3.8) is 0 Å². The van der Waals surface area contributed by atoms with Gasteiger partial charge in [0.2, 0.25) is 10.0 Å². The summed E-state index contributed by atoms with van der Waals surface area (Å²) in [6.45, 7) is 1.47. The summed E-state index contributed by atoms with van der Waals surface area (Å²) in [5.74, 6) is 0.730. The summed E-state index contributed by atoms with van der Waals surface area (Å²) in [6, 6.07) is 5.52. The van der Waals surface area contributed by atoms with Gasteiger partial charge in [0, 0.05) is 20.2 Å². The number of nitrogens with zero attached hydrogens (tertiary/aromatic N) is 1. The second-order valence-electron chi connectivity index (χ2n) is 4.84. The molecule has 1 aliphatic carbocycles. The van der Waals surface area contributed by atoms with E-state index in [1.807, 2.05) is 0 Å². The van der Waals surface area contributed by atoms with E-state index in [1.165, 1.54) is 48.5 Å². The number of benzene rings is 1. The summed E-state index contributed by atoms with van der Waals surface area (Å²) >= 11 is 0. The fourth-order valence-electron chi connectivity index (χ4n) is 1.65. The lowest BCUT2D eigenvalue weighted by atomic mass is 10.3. The van der Waals surface area contributed by atoms with E-state index >= 15 is 0 Å². The molecule has 1 aliphatic rings. The van der Waals surface area contributed by atoms with Gasteiger partial charge in [0.25, 0.3) is 0 Å². The largest absolute Gasteiger partial charge is 0.508 e. The molecule has 0 unspecified atom stereocenters. The van der Waals surface area contributed by atoms with Crippen LogP contribution in [-0.2, 0) is 14.8 Å². The van der Waals surface area contributed by atoms with E-state index in [4.69, 9.17) is 9.84 Å². The van der Waals surface area contributed by atoms with Gasteiger partial charge >= 0.3 is 0 Å². The third-order valence-corrected chi connectivity index (χ3v) is 5.02. The molecule has 0 bridgehead atoms. The zero-order valence-electron chi connectivity index (χ0n) is 10.9. The fourth-order valence-corrected chi connectivity index (χ4v) is 2.80. The van der Waals surface area contributed by atoms with Gasteiger partial charge in [-0.3, -0.25) is 0 Å². The second kappa shape index (κ2) is 5.90. The minimum absolute atomic E-state index is 0.0503. The minimum Gasteiger partial charge on any atom is -0.508 e. The molecule has 19 heavy (non-hydrogen) atoms. The van der Waals surface area contributed by atoms with Gasteiger partial charge in [-0.1, -0.05) is 0 Å². The molecule has 1 aromatic rings. The number of ether oxygens (including phenoxy) is 1. The zero-order chi connectivity index (χ0) is 13.9. The van der Waals surface area contributed by atoms with Crippen LogP contribution in [0.2, 0.25) is 0 Å². The fraction of sp³-hybridized carbons (Fsp3) is 0.538. The average molecular weight is 285 g/mol. The predicted octanol–water partition coefficient (Wildman–Crippen LogP) is 1.44. The first kappa shape index (κ1) is 14.3. The van der Waals surface area contributed by atoms with E-state index in [2.05, 4.69) is 0 Å². The van der Waals surface area contributed by atoms with E-state index in [-0.39, 0.29) is 10.6 Å². The van der Waals surface area contributed by atoms with Gasteiger partial charge < -0.3 is 9.84 Å². The standard InChI is InChI=1S/C13H19NO4S/c1-14(8-9-18-10-11-2-3-11)19(16,17)13-6-4-12(15)5-7-13/h4-7,11,15H,2-3,8-10H2,1H3. The Balaban J connectivity index is 1.88. The summed E-state index contributed by atoms with van der Waals surface area (Å²) in [4.78, 5) is 0.176. The Hall–Kier alpha value is -1.11. The molecule has 6 heteroatoms. The molecule has 1 fully saturated rings. The summed E-state index contributed by atoms with van der Waals surface area (Å²) in [7, 11) is -1.97. The van der Waals surface area contributed by atoms with Crippen LogP contribution in [0.15, 0.2) is 29.2 Å². The molecule has 0 atom stereocenters. The third-order valence-electron chi connectivity index (χ3n) is 3.15. The number of hydrogen-bond acceptors (Lipinski definition) is 4. The highest BCUT2D eigenvalue weighted by Gasteiger charge is 2.22. The molecule has 0 aliphatic heterocycles. The van der Waals surface area contributed by atoms with Crippen LogP contribution in [0.4, 0.5) is 0 Å². The van der Waals surface area contributed by atoms with Gasteiger partial charge in [-0.2, -0.15) is 4.31 Å². The molecule has 1 saturated carbocycles. The van der Waals surface area contributed by atoms with Crippen LogP contribution in [0.1, 0.15) is 12.8 Å². The number of aromatic hydroxyl groups is 1. The van der Waals surface area contributed by atoms with Crippen molar-refractivity contribution in [1.29, 1.82) is 0 Å². The predicted molar refractivity (Wildman–Crippen MR) is 71.5 cm³/mol. The molecule has 1 aromatic carbocycles. The quantitative estimate of drug-likeness (QED) is 0.770. The van der Waals surface area contributed by atoms with Crippen LogP contribution in [0.5, 0.6) is 5.75 Å². The Labute approximate surface area is 113 Å². The zero-order valence-corrected chi connectivity index (χ0v) is 11.8. The Bertz CT molecular complexity index is 508. The summed E-state index contributed by atoms with van der Waals surface area (Å²) in [5, 5.41) is 9.16. The first-order valence-corrected chi connectivity index (χ1v) is 7.77. The van der Waals surface area contributed by atoms with Crippen LogP contribution in [0, 0.1) is 5.92 Å². The van der Waals surface area contributed by atoms with Crippen molar-refractivity contribution in [3.8, 4) is 5.75 Å². The summed E-state index contributed by atoms with van der Waals surface area (Å²) in [6.07, 6.45) is 2.45. The van der Waals surface area contributed by atoms with Crippen molar-refractivity contribution in [3.05, 3.63) is 24.3 Å². The van der Waals surface area contributed by atoms with Gasteiger partial charge in [-0.25, -0.2) is 8.42 Å². The maximum absolute atomic E-state index is 12.2. The van der Waals surface area contributed by atoms with Crippen molar-refractivity contribution >= 4 is 10.0 Å². The topological polar surface area (TPSA) is 66.8 Å². The van der Waals surface area contributed by atoms with Crippen molar-refractivity contribution in [2.45, 2.75) is 17.7 Å². The molecule has 5 nitrogen and oxygen atoms in total. The highest BCUT2D eigenvalue weighted by molar-refractivity contribution is 7.89. The van der Waals surface area contributed by atoms with Crippen LogP contribution < -0.4 is 0 Å². The Morgan fingerprint density at radius 2 is 1.95 bits per heavy atom. The second-order valence-corrected chi connectivity index (χ2v) is 6.88. The molecule has 106 valence electrons. The van der Waals surface area contributed by atoms with Crippen molar-refractivity contribution < 1.29 is 18.3 Å². The molecule has 2 rings (SSSR count). The lowest BCUT2D eigenvalue weighted by Gasteiger charge is -2.17. The number of phenols is 1. The van der Waals surface area contributed by atoms with E-state index in [9.17, 15) is 8.42 Å². The molecule has 1 N–H and O–H groups in total. The van der Waals surface area contributed by atoms with E-state index < -0.39 is 10.0 Å². The molecular formula is C13H19NO4S. The van der Waals surface area contributed by atoms with Crippen LogP contribution >= 0.6 is 0 Å². The van der Waals surface area contributed by atoms with Crippen molar-refractivity contribution in [2.24, 2.45) is 5.92 Å². The molecule has 0 saturated heterocycles. The van der Waals surface area contributed by atoms with Gasteiger partial charge in [0.05, 0.1) is 11.5 Å². The van der Waals surface area contributed by atoms with Crippen LogP contribution in [0.25, 0.3) is 0 Å². The third kappa shape index (κ3) is 3.92. The van der Waals surface area contributed by atoms with Crippen molar-refractivity contribution in [2.75, 3.05) is 26.8 Å². The van der Waals surface area contributed by atoms with Crippen molar-refractivity contribution in [1.82, 2.24) is 4.31 Å². The molecule has 0 spiro atoms. The van der Waals surface area contributed by atoms with Gasteiger partial charge in [0.1, 0.15) is 5.75 Å². The number of sulfonamides is 1. The van der Waals surface area contributed by atoms with E-state index in [0.717, 1.165) is 6.61 Å². The monoisotopic (exact) mass is 285 g/mol. The number of rotatable bonds is 7. The minimum atomic E-state index is -3.50. The number of hydrogen-bond donors (Lipinski definition) is 1. The number of likely N-dealkylation sites (N-methyl/N-ethyl adjacent to an activating group) is 1. The Morgan fingerprint density at radius 1 is 1.32 bits per heavy atom. The highest BCUT2D eigenvalue weighted by atomic mass is 32.2. The normalized spacial score (nSPS) is 15.9. The van der Waals surface area contributed by atoms with Crippen LogP contribution in [-0.4, -0.2) is 44.6 Å². The average Bonchev–Trinajstić information content (AvgIpc) is 3.19. The maximum Gasteiger partial charge on any atom is 0.242 e. The smallest absolute Gasteiger partial charge is 0.242 e. The first-order valence-electron chi connectivity index (χ1n) is 6.33. The summed E-state index contributed by atoms with van der Waals surface area (Å²) < 4.78 is 31.0. The lowest BCUT2D eigenvalue weighted by molar-refractivity contribution is 0.117. The molecule has 0 radical (unpaired) electrons. The van der Waals surface area contributed by atoms with Gasteiger partial charge in [-0.15, -0.1) is 0 Å². The van der Waals surface area contributed by atoms with Gasteiger partial charge in [0.15, 0.2) is 0 Å².